The van der Waals surface area contributed by atoms with Crippen molar-refractivity contribution in [1.29, 1.82) is 5.26 Å². The van der Waals surface area contributed by atoms with Gasteiger partial charge in [-0.25, -0.2) is 9.97 Å². The molecule has 0 radical (unpaired) electrons. The summed E-state index contributed by atoms with van der Waals surface area (Å²) < 4.78 is 1.00. The quantitative estimate of drug-likeness (QED) is 0.832. The lowest BCUT2D eigenvalue weighted by molar-refractivity contribution is 0.307. The Labute approximate surface area is 126 Å². The molecule has 1 heterocycles. The van der Waals surface area contributed by atoms with Crippen LogP contribution in [-0.2, 0) is 5.41 Å². The van der Waals surface area contributed by atoms with E-state index in [-0.39, 0.29) is 0 Å². The molecule has 0 atom stereocenters. The lowest BCUT2D eigenvalue weighted by Crippen LogP contribution is -2.34. The summed E-state index contributed by atoms with van der Waals surface area (Å²) >= 11 is 3.56. The second-order valence-corrected chi connectivity index (χ2v) is 6.10. The number of hydrogen-bond donors (Lipinski definition) is 0. The second kappa shape index (κ2) is 4.99. The van der Waals surface area contributed by atoms with Crippen molar-refractivity contribution in [2.24, 2.45) is 0 Å². The van der Waals surface area contributed by atoms with Gasteiger partial charge in [-0.2, -0.15) is 5.26 Å². The third-order valence-electron chi connectivity index (χ3n) is 3.85. The second-order valence-electron chi connectivity index (χ2n) is 5.25. The SMILES string of the molecule is Cc1cc(-c2ccccc2Br)nc(C2(C#N)CCC2)n1. The zero-order chi connectivity index (χ0) is 14.2. The predicted octanol–water partition coefficient (Wildman–Crippen LogP) is 4.16. The van der Waals surface area contributed by atoms with Crippen LogP contribution in [0.1, 0.15) is 30.8 Å². The van der Waals surface area contributed by atoms with E-state index in [0.717, 1.165) is 40.7 Å². The van der Waals surface area contributed by atoms with Crippen LogP contribution >= 0.6 is 15.9 Å². The van der Waals surface area contributed by atoms with Crippen molar-refractivity contribution in [2.75, 3.05) is 0 Å². The van der Waals surface area contributed by atoms with E-state index in [1.165, 1.54) is 0 Å². The summed E-state index contributed by atoms with van der Waals surface area (Å²) in [5.74, 6) is 0.678. The average Bonchev–Trinajstić information content (AvgIpc) is 2.38. The molecule has 0 bridgehead atoms. The van der Waals surface area contributed by atoms with Gasteiger partial charge in [0.2, 0.25) is 0 Å². The molecule has 2 aromatic rings. The van der Waals surface area contributed by atoms with Gasteiger partial charge in [-0.05, 0) is 38.3 Å². The molecular weight excluding hydrogens is 314 g/mol. The van der Waals surface area contributed by atoms with Crippen molar-refractivity contribution in [3.63, 3.8) is 0 Å². The van der Waals surface area contributed by atoms with E-state index < -0.39 is 5.41 Å². The van der Waals surface area contributed by atoms with Gasteiger partial charge in [-0.1, -0.05) is 34.1 Å². The lowest BCUT2D eigenvalue weighted by Gasteiger charge is -2.33. The summed E-state index contributed by atoms with van der Waals surface area (Å²) in [6.45, 7) is 1.95. The van der Waals surface area contributed by atoms with Crippen molar-refractivity contribution >= 4 is 15.9 Å². The van der Waals surface area contributed by atoms with E-state index in [9.17, 15) is 5.26 Å². The lowest BCUT2D eigenvalue weighted by atomic mass is 9.69. The minimum absolute atomic E-state index is 0.470. The number of hydrogen-bond acceptors (Lipinski definition) is 3. The van der Waals surface area contributed by atoms with Gasteiger partial charge in [-0.15, -0.1) is 0 Å². The van der Waals surface area contributed by atoms with Crippen LogP contribution in [0.2, 0.25) is 0 Å². The highest BCUT2D eigenvalue weighted by molar-refractivity contribution is 9.10. The van der Waals surface area contributed by atoms with Crippen LogP contribution in [0.5, 0.6) is 0 Å². The van der Waals surface area contributed by atoms with E-state index in [0.29, 0.717) is 5.82 Å². The average molecular weight is 328 g/mol. The molecule has 100 valence electrons. The first-order valence-corrected chi connectivity index (χ1v) is 7.46. The molecule has 20 heavy (non-hydrogen) atoms. The Morgan fingerprint density at radius 2 is 2.00 bits per heavy atom. The van der Waals surface area contributed by atoms with Gasteiger partial charge in [0.15, 0.2) is 0 Å². The number of nitriles is 1. The molecule has 1 aromatic heterocycles. The maximum Gasteiger partial charge on any atom is 0.149 e. The summed E-state index contributed by atoms with van der Waals surface area (Å²) in [6, 6.07) is 12.4. The third kappa shape index (κ3) is 2.12. The first-order valence-electron chi connectivity index (χ1n) is 6.67. The Balaban J connectivity index is 2.13. The molecule has 0 N–H and O–H groups in total. The number of aryl methyl sites for hydroxylation is 1. The van der Waals surface area contributed by atoms with Crippen LogP contribution in [0.3, 0.4) is 0 Å². The molecular formula is C16H14BrN3. The van der Waals surface area contributed by atoms with Crippen LogP contribution in [0.15, 0.2) is 34.8 Å². The monoisotopic (exact) mass is 327 g/mol. The molecule has 1 fully saturated rings. The van der Waals surface area contributed by atoms with Crippen LogP contribution in [0.25, 0.3) is 11.3 Å². The predicted molar refractivity (Wildman–Crippen MR) is 81.0 cm³/mol. The highest BCUT2D eigenvalue weighted by Crippen LogP contribution is 2.42. The van der Waals surface area contributed by atoms with Gasteiger partial charge in [0.25, 0.3) is 0 Å². The van der Waals surface area contributed by atoms with Crippen molar-refractivity contribution < 1.29 is 0 Å². The molecule has 3 rings (SSSR count). The molecule has 0 spiro atoms. The maximum absolute atomic E-state index is 9.46. The van der Waals surface area contributed by atoms with Gasteiger partial charge in [0.1, 0.15) is 11.2 Å². The fourth-order valence-electron chi connectivity index (χ4n) is 2.51. The molecule has 1 aliphatic carbocycles. The highest BCUT2D eigenvalue weighted by Gasteiger charge is 2.42. The van der Waals surface area contributed by atoms with Gasteiger partial charge in [-0.3, -0.25) is 0 Å². The van der Waals surface area contributed by atoms with Crippen LogP contribution in [0, 0.1) is 18.3 Å². The van der Waals surface area contributed by atoms with Crippen molar-refractivity contribution in [3.05, 3.63) is 46.3 Å². The zero-order valence-electron chi connectivity index (χ0n) is 11.2. The zero-order valence-corrected chi connectivity index (χ0v) is 12.8. The van der Waals surface area contributed by atoms with Gasteiger partial charge in [0.05, 0.1) is 11.8 Å². The van der Waals surface area contributed by atoms with Gasteiger partial charge < -0.3 is 0 Å². The summed E-state index contributed by atoms with van der Waals surface area (Å²) in [5, 5.41) is 9.46. The maximum atomic E-state index is 9.46. The van der Waals surface area contributed by atoms with Crippen LogP contribution in [-0.4, -0.2) is 9.97 Å². The highest BCUT2D eigenvalue weighted by atomic mass is 79.9. The Kier molecular flexibility index (Phi) is 3.31. The third-order valence-corrected chi connectivity index (χ3v) is 4.54. The minimum Gasteiger partial charge on any atom is -0.236 e. The van der Waals surface area contributed by atoms with Crippen LogP contribution in [0.4, 0.5) is 0 Å². The van der Waals surface area contributed by atoms with E-state index in [2.05, 4.69) is 32.0 Å². The molecule has 1 saturated carbocycles. The topological polar surface area (TPSA) is 49.6 Å². The molecule has 0 unspecified atom stereocenters. The van der Waals surface area contributed by atoms with E-state index in [1.54, 1.807) is 0 Å². The first kappa shape index (κ1) is 13.3. The van der Waals surface area contributed by atoms with E-state index in [1.807, 2.05) is 37.3 Å². The van der Waals surface area contributed by atoms with Gasteiger partial charge >= 0.3 is 0 Å². The normalized spacial score (nSPS) is 16.2. The minimum atomic E-state index is -0.470. The summed E-state index contributed by atoms with van der Waals surface area (Å²) in [4.78, 5) is 9.17. The molecule has 1 aliphatic rings. The summed E-state index contributed by atoms with van der Waals surface area (Å²) in [6.07, 6.45) is 2.81. The van der Waals surface area contributed by atoms with Gasteiger partial charge in [0, 0.05) is 15.7 Å². The van der Waals surface area contributed by atoms with Crippen molar-refractivity contribution in [3.8, 4) is 17.3 Å². The number of rotatable bonds is 2. The number of nitrogens with zero attached hydrogens (tertiary/aromatic N) is 3. The van der Waals surface area contributed by atoms with E-state index in [4.69, 9.17) is 0 Å². The largest absolute Gasteiger partial charge is 0.236 e. The molecule has 0 saturated heterocycles. The Morgan fingerprint density at radius 3 is 2.60 bits per heavy atom. The Morgan fingerprint density at radius 1 is 1.25 bits per heavy atom. The fraction of sp³-hybridized carbons (Fsp3) is 0.312. The van der Waals surface area contributed by atoms with Crippen molar-refractivity contribution in [1.82, 2.24) is 9.97 Å². The molecule has 0 aliphatic heterocycles. The number of aromatic nitrogens is 2. The molecule has 4 heteroatoms. The Hall–Kier alpha value is -1.73. The standard InChI is InChI=1S/C16H14BrN3/c1-11-9-14(12-5-2-3-6-13(12)17)20-15(19-11)16(10-18)7-4-8-16/h2-3,5-6,9H,4,7-8H2,1H3. The first-order chi connectivity index (χ1) is 9.64. The molecule has 3 nitrogen and oxygen atoms in total. The number of halogens is 1. The summed E-state index contributed by atoms with van der Waals surface area (Å²) in [7, 11) is 0. The van der Waals surface area contributed by atoms with Crippen molar-refractivity contribution in [2.45, 2.75) is 31.6 Å². The van der Waals surface area contributed by atoms with Crippen LogP contribution < -0.4 is 0 Å². The Bertz CT molecular complexity index is 699. The van der Waals surface area contributed by atoms with E-state index >= 15 is 0 Å². The summed E-state index contributed by atoms with van der Waals surface area (Å²) in [5.41, 5.74) is 2.35. The fourth-order valence-corrected chi connectivity index (χ4v) is 2.99. The smallest absolute Gasteiger partial charge is 0.149 e. The molecule has 1 aromatic carbocycles. The number of benzene rings is 1. The molecule has 0 amide bonds.